The van der Waals surface area contributed by atoms with Gasteiger partial charge in [-0.2, -0.15) is 0 Å². The molecule has 0 fully saturated rings. The van der Waals surface area contributed by atoms with E-state index in [1.54, 1.807) is 27.7 Å². The molecule has 0 heterocycles. The lowest BCUT2D eigenvalue weighted by Crippen LogP contribution is -2.42. The van der Waals surface area contributed by atoms with E-state index in [1.165, 1.54) is 18.2 Å². The van der Waals surface area contributed by atoms with Gasteiger partial charge in [0.05, 0.1) is 0 Å². The fourth-order valence-electron chi connectivity index (χ4n) is 1.67. The summed E-state index contributed by atoms with van der Waals surface area (Å²) in [6.07, 6.45) is -0.520. The van der Waals surface area contributed by atoms with Gasteiger partial charge in [-0.1, -0.05) is 6.07 Å². The first kappa shape index (κ1) is 17.4. The number of hydrogen-bond donors (Lipinski definition) is 2. The van der Waals surface area contributed by atoms with Gasteiger partial charge in [0.1, 0.15) is 17.2 Å². The van der Waals surface area contributed by atoms with E-state index in [9.17, 15) is 13.6 Å². The zero-order valence-corrected chi connectivity index (χ0v) is 12.8. The summed E-state index contributed by atoms with van der Waals surface area (Å²) in [6.45, 7) is 7.52. The van der Waals surface area contributed by atoms with Gasteiger partial charge in [0.25, 0.3) is 0 Å². The number of nitrogens with one attached hydrogen (secondary N) is 2. The summed E-state index contributed by atoms with van der Waals surface area (Å²) in [7, 11) is 0. The van der Waals surface area contributed by atoms with E-state index in [2.05, 4.69) is 10.6 Å². The molecular formula is C15H22F2N2O2. The van der Waals surface area contributed by atoms with Crippen molar-refractivity contribution in [3.8, 4) is 0 Å². The molecule has 6 heteroatoms. The highest BCUT2D eigenvalue weighted by Gasteiger charge is 2.17. The van der Waals surface area contributed by atoms with Crippen LogP contribution in [0.15, 0.2) is 18.2 Å². The van der Waals surface area contributed by atoms with Crippen molar-refractivity contribution >= 4 is 6.09 Å². The SMILES string of the molecule is CC(CNCc1c(F)cccc1F)NC(=O)OC(C)(C)C. The second kappa shape index (κ2) is 7.36. The Balaban J connectivity index is 2.37. The molecule has 1 aromatic carbocycles. The Bertz CT molecular complexity index is 467. The molecule has 21 heavy (non-hydrogen) atoms. The summed E-state index contributed by atoms with van der Waals surface area (Å²) < 4.78 is 31.9. The van der Waals surface area contributed by atoms with Crippen LogP contribution in [-0.4, -0.2) is 24.3 Å². The topological polar surface area (TPSA) is 50.4 Å². The highest BCUT2D eigenvalue weighted by Crippen LogP contribution is 2.11. The lowest BCUT2D eigenvalue weighted by atomic mass is 10.2. The number of halogens is 2. The molecule has 1 unspecified atom stereocenters. The van der Waals surface area contributed by atoms with Crippen molar-refractivity contribution < 1.29 is 18.3 Å². The number of ether oxygens (including phenoxy) is 1. The first-order valence-electron chi connectivity index (χ1n) is 6.82. The molecule has 0 aliphatic rings. The van der Waals surface area contributed by atoms with Crippen LogP contribution in [0.5, 0.6) is 0 Å². The van der Waals surface area contributed by atoms with E-state index in [0.717, 1.165) is 0 Å². The predicted molar refractivity (Wildman–Crippen MR) is 76.9 cm³/mol. The number of benzene rings is 1. The molecule has 4 nitrogen and oxygen atoms in total. The molecule has 1 rings (SSSR count). The fourth-order valence-corrected chi connectivity index (χ4v) is 1.67. The van der Waals surface area contributed by atoms with Crippen molar-refractivity contribution in [1.29, 1.82) is 0 Å². The standard InChI is InChI=1S/C15H22F2N2O2/c1-10(19-14(20)21-15(2,3)4)8-18-9-11-12(16)6-5-7-13(11)17/h5-7,10,18H,8-9H2,1-4H3,(H,19,20). The largest absolute Gasteiger partial charge is 0.444 e. The van der Waals surface area contributed by atoms with E-state index >= 15 is 0 Å². The van der Waals surface area contributed by atoms with Crippen LogP contribution in [0.1, 0.15) is 33.3 Å². The fraction of sp³-hybridized carbons (Fsp3) is 0.533. The van der Waals surface area contributed by atoms with Gasteiger partial charge in [0, 0.05) is 24.7 Å². The number of carbonyl (C=O) groups excluding carboxylic acids is 1. The van der Waals surface area contributed by atoms with E-state index in [0.29, 0.717) is 6.54 Å². The van der Waals surface area contributed by atoms with E-state index in [-0.39, 0.29) is 18.2 Å². The molecule has 1 atom stereocenters. The van der Waals surface area contributed by atoms with Crippen LogP contribution in [0, 0.1) is 11.6 Å². The number of hydrogen-bond acceptors (Lipinski definition) is 3. The number of rotatable bonds is 5. The molecule has 0 spiro atoms. The minimum Gasteiger partial charge on any atom is -0.444 e. The summed E-state index contributed by atoms with van der Waals surface area (Å²) in [4.78, 5) is 11.5. The van der Waals surface area contributed by atoms with Crippen molar-refractivity contribution in [3.05, 3.63) is 35.4 Å². The second-order valence-corrected chi connectivity index (χ2v) is 5.88. The average molecular weight is 300 g/mol. The van der Waals surface area contributed by atoms with E-state index in [4.69, 9.17) is 4.74 Å². The summed E-state index contributed by atoms with van der Waals surface area (Å²) in [6, 6.07) is 3.51. The third kappa shape index (κ3) is 6.53. The maximum absolute atomic E-state index is 13.4. The molecule has 0 saturated carbocycles. The highest BCUT2D eigenvalue weighted by atomic mass is 19.1. The summed E-state index contributed by atoms with van der Waals surface area (Å²) in [5.74, 6) is -1.18. The Kier molecular flexibility index (Phi) is 6.08. The van der Waals surface area contributed by atoms with Crippen LogP contribution in [0.4, 0.5) is 13.6 Å². The van der Waals surface area contributed by atoms with Crippen LogP contribution in [0.2, 0.25) is 0 Å². The molecule has 1 aromatic rings. The molecular weight excluding hydrogens is 278 g/mol. The third-order valence-electron chi connectivity index (χ3n) is 2.58. The maximum Gasteiger partial charge on any atom is 0.407 e. The summed E-state index contributed by atoms with van der Waals surface area (Å²) in [5.41, 5.74) is -0.574. The zero-order valence-electron chi connectivity index (χ0n) is 12.8. The van der Waals surface area contributed by atoms with Gasteiger partial charge in [0.15, 0.2) is 0 Å². The lowest BCUT2D eigenvalue weighted by molar-refractivity contribution is 0.0508. The highest BCUT2D eigenvalue weighted by molar-refractivity contribution is 5.68. The summed E-state index contributed by atoms with van der Waals surface area (Å²) in [5, 5.41) is 5.54. The van der Waals surface area contributed by atoms with Gasteiger partial charge < -0.3 is 15.4 Å². The Labute approximate surface area is 123 Å². The molecule has 0 aromatic heterocycles. The molecule has 118 valence electrons. The van der Waals surface area contributed by atoms with Gasteiger partial charge in [-0.25, -0.2) is 13.6 Å². The molecule has 1 amide bonds. The molecule has 0 saturated heterocycles. The van der Waals surface area contributed by atoms with Crippen molar-refractivity contribution in [2.24, 2.45) is 0 Å². The van der Waals surface area contributed by atoms with E-state index in [1.807, 2.05) is 0 Å². The summed E-state index contributed by atoms with van der Waals surface area (Å²) >= 11 is 0. The van der Waals surface area contributed by atoms with Gasteiger partial charge in [-0.3, -0.25) is 0 Å². The first-order valence-corrected chi connectivity index (χ1v) is 6.82. The minimum atomic E-state index is -0.588. The third-order valence-corrected chi connectivity index (χ3v) is 2.58. The number of carbonyl (C=O) groups is 1. The number of alkyl carbamates (subject to hydrolysis) is 1. The monoisotopic (exact) mass is 300 g/mol. The van der Waals surface area contributed by atoms with Crippen molar-refractivity contribution in [2.75, 3.05) is 6.54 Å². The second-order valence-electron chi connectivity index (χ2n) is 5.88. The Morgan fingerprint density at radius 3 is 2.38 bits per heavy atom. The Morgan fingerprint density at radius 2 is 1.86 bits per heavy atom. The van der Waals surface area contributed by atoms with Gasteiger partial charge in [0.2, 0.25) is 0 Å². The van der Waals surface area contributed by atoms with Crippen molar-refractivity contribution in [1.82, 2.24) is 10.6 Å². The molecule has 0 aliphatic carbocycles. The average Bonchev–Trinajstić information content (AvgIpc) is 2.30. The number of amides is 1. The van der Waals surface area contributed by atoms with Crippen LogP contribution in [0.3, 0.4) is 0 Å². The zero-order chi connectivity index (χ0) is 16.0. The van der Waals surface area contributed by atoms with Crippen molar-refractivity contribution in [2.45, 2.75) is 45.9 Å². The van der Waals surface area contributed by atoms with Crippen LogP contribution in [0.25, 0.3) is 0 Å². The van der Waals surface area contributed by atoms with Gasteiger partial charge >= 0.3 is 6.09 Å². The Hall–Kier alpha value is -1.69. The lowest BCUT2D eigenvalue weighted by Gasteiger charge is -2.22. The van der Waals surface area contributed by atoms with Crippen LogP contribution >= 0.6 is 0 Å². The van der Waals surface area contributed by atoms with Crippen LogP contribution < -0.4 is 10.6 Å². The quantitative estimate of drug-likeness (QED) is 0.879. The minimum absolute atomic E-state index is 0.0121. The van der Waals surface area contributed by atoms with Crippen molar-refractivity contribution in [3.63, 3.8) is 0 Å². The van der Waals surface area contributed by atoms with E-state index < -0.39 is 23.3 Å². The Morgan fingerprint density at radius 1 is 1.29 bits per heavy atom. The smallest absolute Gasteiger partial charge is 0.407 e. The molecule has 0 bridgehead atoms. The predicted octanol–water partition coefficient (Wildman–Crippen LogP) is 2.97. The molecule has 0 aliphatic heterocycles. The first-order chi connectivity index (χ1) is 9.69. The normalized spacial score (nSPS) is 12.9. The van der Waals surface area contributed by atoms with Crippen LogP contribution in [-0.2, 0) is 11.3 Å². The molecule has 2 N–H and O–H groups in total. The van der Waals surface area contributed by atoms with Gasteiger partial charge in [-0.15, -0.1) is 0 Å². The maximum atomic E-state index is 13.4. The molecule has 0 radical (unpaired) electrons. The van der Waals surface area contributed by atoms with Gasteiger partial charge in [-0.05, 0) is 39.8 Å².